The predicted molar refractivity (Wildman–Crippen MR) is 70.7 cm³/mol. The van der Waals surface area contributed by atoms with Gasteiger partial charge < -0.3 is 15.4 Å². The number of thiazole rings is 2. The van der Waals surface area contributed by atoms with Gasteiger partial charge in [-0.15, -0.1) is 11.3 Å². The number of morpholine rings is 1. The highest BCUT2D eigenvalue weighted by Gasteiger charge is 2.15. The van der Waals surface area contributed by atoms with Gasteiger partial charge in [-0.05, 0) is 0 Å². The number of rotatable bonds is 2. The summed E-state index contributed by atoms with van der Waals surface area (Å²) in [6.07, 6.45) is 1.78. The van der Waals surface area contributed by atoms with Crippen molar-refractivity contribution >= 4 is 32.9 Å². The maximum atomic E-state index is 5.62. The Morgan fingerprint density at radius 3 is 2.88 bits per heavy atom. The minimum atomic E-state index is 0.584. The molecule has 3 heterocycles. The Morgan fingerprint density at radius 2 is 2.18 bits per heavy atom. The number of hydrogen-bond donors (Lipinski definition) is 1. The molecule has 0 unspecified atom stereocenters. The summed E-state index contributed by atoms with van der Waals surface area (Å²) >= 11 is 3.13. The average Bonchev–Trinajstić information content (AvgIpc) is 2.98. The Kier molecular flexibility index (Phi) is 2.96. The Balaban J connectivity index is 1.82. The quantitative estimate of drug-likeness (QED) is 0.898. The Hall–Kier alpha value is -1.18. The second-order valence-corrected chi connectivity index (χ2v) is 5.58. The lowest BCUT2D eigenvalue weighted by molar-refractivity contribution is 0.122. The summed E-state index contributed by atoms with van der Waals surface area (Å²) in [6.45, 7) is 3.39. The summed E-state index contributed by atoms with van der Waals surface area (Å²) in [4.78, 5) is 11.9. The molecule has 2 aromatic rings. The Labute approximate surface area is 107 Å². The summed E-state index contributed by atoms with van der Waals surface area (Å²) in [6, 6.07) is 0. The zero-order chi connectivity index (χ0) is 11.7. The highest BCUT2D eigenvalue weighted by molar-refractivity contribution is 7.19. The van der Waals surface area contributed by atoms with Gasteiger partial charge >= 0.3 is 0 Å². The third kappa shape index (κ3) is 2.26. The minimum absolute atomic E-state index is 0.584. The SMILES string of the molecule is Nc1ncc(-c2csc(N3CCOCC3)n2)s1. The summed E-state index contributed by atoms with van der Waals surface area (Å²) in [5.74, 6) is 0. The second-order valence-electron chi connectivity index (χ2n) is 3.68. The van der Waals surface area contributed by atoms with Gasteiger partial charge in [-0.3, -0.25) is 0 Å². The van der Waals surface area contributed by atoms with Gasteiger partial charge in [0, 0.05) is 24.7 Å². The highest BCUT2D eigenvalue weighted by Crippen LogP contribution is 2.31. The standard InChI is InChI=1S/C10H12N4OS2/c11-9-12-5-8(17-9)7-6-16-10(13-7)14-1-3-15-4-2-14/h5-6H,1-4H2,(H2,11,12). The van der Waals surface area contributed by atoms with Gasteiger partial charge in [-0.25, -0.2) is 9.97 Å². The van der Waals surface area contributed by atoms with E-state index in [1.54, 1.807) is 17.5 Å². The molecule has 3 rings (SSSR count). The largest absolute Gasteiger partial charge is 0.378 e. The van der Waals surface area contributed by atoms with E-state index in [1.807, 2.05) is 0 Å². The van der Waals surface area contributed by atoms with Crippen LogP contribution in [0.15, 0.2) is 11.6 Å². The van der Waals surface area contributed by atoms with E-state index in [4.69, 9.17) is 10.5 Å². The molecule has 0 radical (unpaired) electrons. The van der Waals surface area contributed by atoms with E-state index >= 15 is 0 Å². The smallest absolute Gasteiger partial charge is 0.186 e. The topological polar surface area (TPSA) is 64.3 Å². The normalized spacial score (nSPS) is 16.4. The molecule has 90 valence electrons. The van der Waals surface area contributed by atoms with E-state index in [-0.39, 0.29) is 0 Å². The molecule has 17 heavy (non-hydrogen) atoms. The summed E-state index contributed by atoms with van der Waals surface area (Å²) in [5.41, 5.74) is 6.59. The monoisotopic (exact) mass is 268 g/mol. The first-order valence-corrected chi connectivity index (χ1v) is 7.02. The number of anilines is 2. The molecule has 2 N–H and O–H groups in total. The van der Waals surface area contributed by atoms with Gasteiger partial charge in [0.15, 0.2) is 10.3 Å². The lowest BCUT2D eigenvalue weighted by Gasteiger charge is -2.25. The minimum Gasteiger partial charge on any atom is -0.378 e. The predicted octanol–water partition coefficient (Wildman–Crippen LogP) is 1.69. The molecular formula is C10H12N4OS2. The number of nitrogens with two attached hydrogens (primary N) is 1. The molecule has 1 aliphatic heterocycles. The fourth-order valence-corrected chi connectivity index (χ4v) is 3.28. The number of ether oxygens (including phenoxy) is 1. The van der Waals surface area contributed by atoms with Crippen molar-refractivity contribution in [1.29, 1.82) is 0 Å². The van der Waals surface area contributed by atoms with Gasteiger partial charge in [0.05, 0.1) is 23.8 Å². The summed E-state index contributed by atoms with van der Waals surface area (Å²) in [5, 5.41) is 3.69. The number of nitrogen functional groups attached to an aromatic ring is 1. The van der Waals surface area contributed by atoms with Crippen LogP contribution in [0.3, 0.4) is 0 Å². The van der Waals surface area contributed by atoms with Crippen molar-refractivity contribution in [3.63, 3.8) is 0 Å². The lowest BCUT2D eigenvalue weighted by atomic mass is 10.4. The van der Waals surface area contributed by atoms with Crippen LogP contribution in [0.1, 0.15) is 0 Å². The van der Waals surface area contributed by atoms with Crippen LogP contribution in [0, 0.1) is 0 Å². The summed E-state index contributed by atoms with van der Waals surface area (Å²) < 4.78 is 5.33. The third-order valence-electron chi connectivity index (χ3n) is 2.55. The van der Waals surface area contributed by atoms with E-state index in [9.17, 15) is 0 Å². The average molecular weight is 268 g/mol. The fraction of sp³-hybridized carbons (Fsp3) is 0.400. The van der Waals surface area contributed by atoms with Crippen LogP contribution in [-0.4, -0.2) is 36.3 Å². The molecule has 1 aliphatic rings. The van der Waals surface area contributed by atoms with E-state index < -0.39 is 0 Å². The zero-order valence-corrected chi connectivity index (χ0v) is 10.8. The molecule has 2 aromatic heterocycles. The van der Waals surface area contributed by atoms with Crippen molar-refractivity contribution in [2.45, 2.75) is 0 Å². The molecular weight excluding hydrogens is 256 g/mol. The van der Waals surface area contributed by atoms with Crippen LogP contribution in [0.4, 0.5) is 10.3 Å². The number of nitrogens with zero attached hydrogens (tertiary/aromatic N) is 3. The summed E-state index contributed by atoms with van der Waals surface area (Å²) in [7, 11) is 0. The first kappa shape index (κ1) is 10.9. The molecule has 0 aliphatic carbocycles. The maximum Gasteiger partial charge on any atom is 0.186 e. The fourth-order valence-electron chi connectivity index (χ4n) is 1.68. The molecule has 0 amide bonds. The lowest BCUT2D eigenvalue weighted by Crippen LogP contribution is -2.36. The molecule has 0 saturated carbocycles. The van der Waals surface area contributed by atoms with E-state index in [0.717, 1.165) is 42.0 Å². The van der Waals surface area contributed by atoms with Gasteiger partial charge in [0.1, 0.15) is 0 Å². The molecule has 1 saturated heterocycles. The van der Waals surface area contributed by atoms with Gasteiger partial charge in [0.2, 0.25) is 0 Å². The van der Waals surface area contributed by atoms with Gasteiger partial charge in [0.25, 0.3) is 0 Å². The first-order valence-electron chi connectivity index (χ1n) is 5.33. The van der Waals surface area contributed by atoms with Crippen molar-refractivity contribution in [1.82, 2.24) is 9.97 Å². The van der Waals surface area contributed by atoms with Crippen molar-refractivity contribution in [3.8, 4) is 10.6 Å². The number of aromatic nitrogens is 2. The van der Waals surface area contributed by atoms with Crippen molar-refractivity contribution in [3.05, 3.63) is 11.6 Å². The van der Waals surface area contributed by atoms with Crippen LogP contribution in [0.5, 0.6) is 0 Å². The van der Waals surface area contributed by atoms with Crippen LogP contribution >= 0.6 is 22.7 Å². The van der Waals surface area contributed by atoms with E-state index in [1.165, 1.54) is 11.3 Å². The molecule has 0 bridgehead atoms. The second kappa shape index (κ2) is 4.59. The zero-order valence-electron chi connectivity index (χ0n) is 9.13. The molecule has 0 atom stereocenters. The van der Waals surface area contributed by atoms with Crippen molar-refractivity contribution in [2.75, 3.05) is 36.9 Å². The Bertz CT molecular complexity index is 504. The van der Waals surface area contributed by atoms with Gasteiger partial charge in [-0.1, -0.05) is 11.3 Å². The van der Waals surface area contributed by atoms with Crippen molar-refractivity contribution in [2.24, 2.45) is 0 Å². The van der Waals surface area contributed by atoms with Gasteiger partial charge in [-0.2, -0.15) is 0 Å². The molecule has 0 spiro atoms. The Morgan fingerprint density at radius 1 is 1.35 bits per heavy atom. The van der Waals surface area contributed by atoms with E-state index in [2.05, 4.69) is 20.2 Å². The van der Waals surface area contributed by atoms with Crippen LogP contribution < -0.4 is 10.6 Å². The molecule has 0 aromatic carbocycles. The first-order chi connectivity index (χ1) is 8.33. The van der Waals surface area contributed by atoms with Crippen LogP contribution in [-0.2, 0) is 4.74 Å². The molecule has 1 fully saturated rings. The molecule has 7 heteroatoms. The third-order valence-corrected chi connectivity index (χ3v) is 4.30. The number of hydrogen-bond acceptors (Lipinski definition) is 7. The van der Waals surface area contributed by atoms with E-state index in [0.29, 0.717) is 5.13 Å². The van der Waals surface area contributed by atoms with Crippen molar-refractivity contribution < 1.29 is 4.74 Å². The van der Waals surface area contributed by atoms with Crippen LogP contribution in [0.25, 0.3) is 10.6 Å². The van der Waals surface area contributed by atoms with Crippen LogP contribution in [0.2, 0.25) is 0 Å². The molecule has 5 nitrogen and oxygen atoms in total. The highest BCUT2D eigenvalue weighted by atomic mass is 32.1. The maximum absolute atomic E-state index is 5.62.